The smallest absolute Gasteiger partial charge is 0.0352 e. The molecule has 9 aromatic rings. The van der Waals surface area contributed by atoms with Crippen LogP contribution in [-0.4, -0.2) is 9.97 Å². The number of hydrogen-bond acceptors (Lipinski definition) is 2. The first-order chi connectivity index (χ1) is 23.2. The van der Waals surface area contributed by atoms with Crippen LogP contribution < -0.4 is 0 Å². The van der Waals surface area contributed by atoms with Crippen molar-refractivity contribution in [1.82, 2.24) is 9.97 Å². The van der Waals surface area contributed by atoms with E-state index in [1.165, 1.54) is 76.5 Å². The van der Waals surface area contributed by atoms with E-state index < -0.39 is 0 Å². The van der Waals surface area contributed by atoms with E-state index in [1.54, 1.807) is 0 Å². The number of aryl methyl sites for hydroxylation is 1. The SMILES string of the molecule is Cc1ccc2cc(-c3c4ccccc4c(-c4ccc(-c5cnccc5-c5ccncc5)c5ccccc45)c4ccccc34)ccc2c1. The summed E-state index contributed by atoms with van der Waals surface area (Å²) in [7, 11) is 0. The van der Waals surface area contributed by atoms with Crippen molar-refractivity contribution < 1.29 is 0 Å². The Hall–Kier alpha value is -6.12. The number of pyridine rings is 2. The van der Waals surface area contributed by atoms with Crippen molar-refractivity contribution in [3.63, 3.8) is 0 Å². The Balaban J connectivity index is 1.33. The summed E-state index contributed by atoms with van der Waals surface area (Å²) in [6, 6.07) is 51.0. The van der Waals surface area contributed by atoms with Crippen molar-refractivity contribution in [2.75, 3.05) is 0 Å². The van der Waals surface area contributed by atoms with Gasteiger partial charge < -0.3 is 0 Å². The van der Waals surface area contributed by atoms with Crippen LogP contribution in [0.2, 0.25) is 0 Å². The molecule has 0 amide bonds. The van der Waals surface area contributed by atoms with Gasteiger partial charge in [-0.2, -0.15) is 0 Å². The maximum absolute atomic E-state index is 4.56. The van der Waals surface area contributed by atoms with Crippen molar-refractivity contribution in [1.29, 1.82) is 0 Å². The molecular weight excluding hydrogens is 569 g/mol. The van der Waals surface area contributed by atoms with Crippen LogP contribution in [0.1, 0.15) is 5.56 Å². The maximum Gasteiger partial charge on any atom is 0.0352 e. The molecule has 47 heavy (non-hydrogen) atoms. The zero-order valence-corrected chi connectivity index (χ0v) is 26.0. The molecule has 0 radical (unpaired) electrons. The molecule has 0 aliphatic rings. The molecule has 0 aliphatic heterocycles. The zero-order chi connectivity index (χ0) is 31.3. The Morgan fingerprint density at radius 1 is 0.362 bits per heavy atom. The lowest BCUT2D eigenvalue weighted by Crippen LogP contribution is -1.93. The number of rotatable bonds is 4. The fourth-order valence-corrected chi connectivity index (χ4v) is 7.39. The van der Waals surface area contributed by atoms with Gasteiger partial charge >= 0.3 is 0 Å². The second-order valence-electron chi connectivity index (χ2n) is 12.3. The third kappa shape index (κ3) is 4.49. The van der Waals surface area contributed by atoms with E-state index in [1.807, 2.05) is 24.8 Å². The average Bonchev–Trinajstić information content (AvgIpc) is 3.14. The van der Waals surface area contributed by atoms with Crippen LogP contribution >= 0.6 is 0 Å². The number of hydrogen-bond donors (Lipinski definition) is 0. The summed E-state index contributed by atoms with van der Waals surface area (Å²) in [6.45, 7) is 2.15. The van der Waals surface area contributed by atoms with Gasteiger partial charge in [-0.3, -0.25) is 9.97 Å². The number of benzene rings is 7. The first-order valence-corrected chi connectivity index (χ1v) is 16.1. The molecule has 0 aliphatic carbocycles. The van der Waals surface area contributed by atoms with Crippen molar-refractivity contribution in [2.24, 2.45) is 0 Å². The number of fused-ring (bicyclic) bond motifs is 4. The third-order valence-electron chi connectivity index (χ3n) is 9.51. The Kier molecular flexibility index (Phi) is 6.39. The molecule has 0 saturated carbocycles. The second kappa shape index (κ2) is 11.0. The molecule has 2 heterocycles. The predicted octanol–water partition coefficient (Wildman–Crippen LogP) is 12.1. The Labute approximate surface area is 273 Å². The van der Waals surface area contributed by atoms with E-state index >= 15 is 0 Å². The predicted molar refractivity (Wildman–Crippen MR) is 199 cm³/mol. The molecule has 2 nitrogen and oxygen atoms in total. The largest absolute Gasteiger partial charge is 0.265 e. The number of nitrogens with zero attached hydrogens (tertiary/aromatic N) is 2. The lowest BCUT2D eigenvalue weighted by molar-refractivity contribution is 1.31. The van der Waals surface area contributed by atoms with Crippen LogP contribution in [0.15, 0.2) is 164 Å². The van der Waals surface area contributed by atoms with Gasteiger partial charge in [-0.25, -0.2) is 0 Å². The normalized spacial score (nSPS) is 11.5. The van der Waals surface area contributed by atoms with Crippen molar-refractivity contribution in [3.8, 4) is 44.5 Å². The van der Waals surface area contributed by atoms with Gasteiger partial charge in [0.2, 0.25) is 0 Å². The Morgan fingerprint density at radius 3 is 1.62 bits per heavy atom. The zero-order valence-electron chi connectivity index (χ0n) is 26.0. The van der Waals surface area contributed by atoms with Crippen LogP contribution in [0.3, 0.4) is 0 Å². The van der Waals surface area contributed by atoms with Gasteiger partial charge in [0, 0.05) is 30.4 Å². The molecule has 0 spiro atoms. The van der Waals surface area contributed by atoms with Crippen LogP contribution in [0.25, 0.3) is 87.6 Å². The summed E-state index contributed by atoms with van der Waals surface area (Å²) in [5.41, 5.74) is 10.8. The first kappa shape index (κ1) is 27.2. The van der Waals surface area contributed by atoms with Gasteiger partial charge in [0.25, 0.3) is 0 Å². The first-order valence-electron chi connectivity index (χ1n) is 16.1. The molecule has 2 heteroatoms. The third-order valence-corrected chi connectivity index (χ3v) is 9.51. The summed E-state index contributed by atoms with van der Waals surface area (Å²) < 4.78 is 0. The molecule has 220 valence electrons. The van der Waals surface area contributed by atoms with Crippen LogP contribution in [-0.2, 0) is 0 Å². The molecule has 9 rings (SSSR count). The molecule has 0 bridgehead atoms. The summed E-state index contributed by atoms with van der Waals surface area (Å²) >= 11 is 0. The van der Waals surface area contributed by atoms with Crippen molar-refractivity contribution in [2.45, 2.75) is 6.92 Å². The molecule has 0 unspecified atom stereocenters. The van der Waals surface area contributed by atoms with E-state index in [2.05, 4.69) is 156 Å². The highest BCUT2D eigenvalue weighted by Gasteiger charge is 2.20. The van der Waals surface area contributed by atoms with Crippen molar-refractivity contribution >= 4 is 43.1 Å². The van der Waals surface area contributed by atoms with Crippen LogP contribution in [0, 0.1) is 6.92 Å². The summed E-state index contributed by atoms with van der Waals surface area (Å²) in [5, 5.41) is 9.97. The van der Waals surface area contributed by atoms with Crippen LogP contribution in [0.5, 0.6) is 0 Å². The fourth-order valence-electron chi connectivity index (χ4n) is 7.39. The highest BCUT2D eigenvalue weighted by Crippen LogP contribution is 2.47. The highest BCUT2D eigenvalue weighted by atomic mass is 14.6. The minimum Gasteiger partial charge on any atom is -0.265 e. The van der Waals surface area contributed by atoms with Crippen molar-refractivity contribution in [3.05, 3.63) is 170 Å². The molecule has 0 atom stereocenters. The Morgan fingerprint density at radius 2 is 0.915 bits per heavy atom. The fraction of sp³-hybridized carbons (Fsp3) is 0.0222. The summed E-state index contributed by atoms with van der Waals surface area (Å²) in [5.74, 6) is 0. The van der Waals surface area contributed by atoms with E-state index in [4.69, 9.17) is 0 Å². The highest BCUT2D eigenvalue weighted by molar-refractivity contribution is 6.24. The molecule has 0 N–H and O–H groups in total. The topological polar surface area (TPSA) is 25.8 Å². The molecule has 0 saturated heterocycles. The van der Waals surface area contributed by atoms with E-state index in [9.17, 15) is 0 Å². The quantitative estimate of drug-likeness (QED) is 0.188. The molecule has 2 aromatic heterocycles. The average molecular weight is 599 g/mol. The second-order valence-corrected chi connectivity index (χ2v) is 12.3. The molecule has 0 fully saturated rings. The minimum atomic E-state index is 1.11. The van der Waals surface area contributed by atoms with Gasteiger partial charge in [-0.1, -0.05) is 121 Å². The van der Waals surface area contributed by atoms with Gasteiger partial charge in [0.05, 0.1) is 0 Å². The standard InChI is InChI=1S/C45H30N2/c1-29-14-15-32-27-33(17-16-31(32)26-29)44-38-10-4-6-12-40(38)45(41-13-7-5-11-39(41)44)42-19-18-37(35-8-2-3-9-36(35)42)43-28-47-25-22-34(43)30-20-23-46-24-21-30/h2-28H,1H3. The van der Waals surface area contributed by atoms with Gasteiger partial charge in [-0.15, -0.1) is 0 Å². The van der Waals surface area contributed by atoms with Gasteiger partial charge in [-0.05, 0) is 113 Å². The van der Waals surface area contributed by atoms with E-state index in [0.29, 0.717) is 0 Å². The number of aromatic nitrogens is 2. The van der Waals surface area contributed by atoms with Crippen LogP contribution in [0.4, 0.5) is 0 Å². The minimum absolute atomic E-state index is 1.11. The molecule has 7 aromatic carbocycles. The summed E-state index contributed by atoms with van der Waals surface area (Å²) in [6.07, 6.45) is 7.55. The van der Waals surface area contributed by atoms with Gasteiger partial charge in [0.1, 0.15) is 0 Å². The molecular formula is C45H30N2. The maximum atomic E-state index is 4.56. The lowest BCUT2D eigenvalue weighted by atomic mass is 9.83. The monoisotopic (exact) mass is 598 g/mol. The lowest BCUT2D eigenvalue weighted by Gasteiger charge is -2.20. The Bertz CT molecular complexity index is 2580. The van der Waals surface area contributed by atoms with E-state index in [-0.39, 0.29) is 0 Å². The summed E-state index contributed by atoms with van der Waals surface area (Å²) in [4.78, 5) is 8.81. The van der Waals surface area contributed by atoms with E-state index in [0.717, 1.165) is 16.7 Å². The van der Waals surface area contributed by atoms with Gasteiger partial charge in [0.15, 0.2) is 0 Å².